The maximum absolute atomic E-state index is 13.2. The molecule has 0 N–H and O–H groups in total. The van der Waals surface area contributed by atoms with Crippen LogP contribution in [0.2, 0.25) is 0 Å². The summed E-state index contributed by atoms with van der Waals surface area (Å²) in [7, 11) is 3.38. The minimum atomic E-state index is -0.374. The third kappa shape index (κ3) is 3.56. The van der Waals surface area contributed by atoms with Gasteiger partial charge in [0, 0.05) is 31.1 Å². The van der Waals surface area contributed by atoms with Crippen molar-refractivity contribution in [1.82, 2.24) is 14.3 Å². The van der Waals surface area contributed by atoms with Crippen LogP contribution in [0.1, 0.15) is 28.2 Å². The number of benzene rings is 1. The fourth-order valence-electron chi connectivity index (χ4n) is 4.03. The van der Waals surface area contributed by atoms with Crippen molar-refractivity contribution in [2.75, 3.05) is 25.6 Å². The van der Waals surface area contributed by atoms with Gasteiger partial charge >= 0.3 is 0 Å². The third-order valence-corrected chi connectivity index (χ3v) is 6.50. The molecule has 0 radical (unpaired) electrons. The van der Waals surface area contributed by atoms with Gasteiger partial charge in [-0.1, -0.05) is 6.07 Å². The van der Waals surface area contributed by atoms with E-state index in [0.717, 1.165) is 27.6 Å². The number of imidazole rings is 1. The van der Waals surface area contributed by atoms with E-state index in [1.807, 2.05) is 39.0 Å². The van der Waals surface area contributed by atoms with E-state index in [9.17, 15) is 9.59 Å². The van der Waals surface area contributed by atoms with Gasteiger partial charge < -0.3 is 14.5 Å². The summed E-state index contributed by atoms with van der Waals surface area (Å²) in [5.74, 6) is 0.182. The lowest BCUT2D eigenvalue weighted by atomic mass is 10.1. The van der Waals surface area contributed by atoms with E-state index in [4.69, 9.17) is 4.74 Å². The molecule has 3 aromatic rings. The van der Waals surface area contributed by atoms with Crippen LogP contribution in [0.4, 0.5) is 5.69 Å². The Morgan fingerprint density at radius 1 is 1.33 bits per heavy atom. The summed E-state index contributed by atoms with van der Waals surface area (Å²) in [5.41, 5.74) is 3.69. The summed E-state index contributed by atoms with van der Waals surface area (Å²) in [4.78, 5) is 36.0. The van der Waals surface area contributed by atoms with Crippen molar-refractivity contribution >= 4 is 33.8 Å². The molecule has 0 saturated carbocycles. The van der Waals surface area contributed by atoms with Crippen molar-refractivity contribution in [3.8, 4) is 5.75 Å². The van der Waals surface area contributed by atoms with E-state index in [-0.39, 0.29) is 24.2 Å². The average molecular weight is 427 g/mol. The van der Waals surface area contributed by atoms with Crippen LogP contribution in [-0.2, 0) is 16.1 Å². The molecule has 1 saturated heterocycles. The fraction of sp³-hybridized carbons (Fsp3) is 0.409. The summed E-state index contributed by atoms with van der Waals surface area (Å²) >= 11 is 1.64. The molecule has 1 aliphatic heterocycles. The molecule has 3 heterocycles. The minimum absolute atomic E-state index is 0.0289. The first kappa shape index (κ1) is 20.4. The van der Waals surface area contributed by atoms with Crippen LogP contribution in [-0.4, -0.2) is 46.8 Å². The zero-order valence-corrected chi connectivity index (χ0v) is 18.7. The number of thiazole rings is 1. The second-order valence-electron chi connectivity index (χ2n) is 7.91. The molecule has 1 aromatic carbocycles. The Morgan fingerprint density at radius 3 is 2.83 bits per heavy atom. The molecule has 2 amide bonds. The van der Waals surface area contributed by atoms with Gasteiger partial charge in [-0.15, -0.1) is 11.3 Å². The Hall–Kier alpha value is -2.87. The van der Waals surface area contributed by atoms with Gasteiger partial charge in [0.15, 0.2) is 4.96 Å². The molecular weight excluding hydrogens is 400 g/mol. The fourth-order valence-corrected chi connectivity index (χ4v) is 4.92. The number of ether oxygens (including phenoxy) is 1. The lowest BCUT2D eigenvalue weighted by molar-refractivity contribution is -0.135. The van der Waals surface area contributed by atoms with Crippen molar-refractivity contribution in [1.29, 1.82) is 0 Å². The van der Waals surface area contributed by atoms with E-state index in [1.54, 1.807) is 35.3 Å². The number of amides is 2. The van der Waals surface area contributed by atoms with Crippen molar-refractivity contribution < 1.29 is 14.3 Å². The summed E-state index contributed by atoms with van der Waals surface area (Å²) in [6.45, 7) is 6.81. The van der Waals surface area contributed by atoms with Crippen LogP contribution in [0.5, 0.6) is 5.75 Å². The molecule has 7 nitrogen and oxygen atoms in total. The summed E-state index contributed by atoms with van der Waals surface area (Å²) in [6.07, 6.45) is 2.26. The topological polar surface area (TPSA) is 67.2 Å². The highest BCUT2D eigenvalue weighted by molar-refractivity contribution is 7.17. The molecule has 1 unspecified atom stereocenters. The number of carbonyl (C=O) groups is 2. The Balaban J connectivity index is 1.52. The van der Waals surface area contributed by atoms with Gasteiger partial charge in [-0.05, 0) is 38.5 Å². The number of anilines is 1. The van der Waals surface area contributed by atoms with Crippen LogP contribution in [0.3, 0.4) is 0 Å². The molecular formula is C22H26N4O3S. The first-order chi connectivity index (χ1) is 14.3. The molecule has 2 aromatic heterocycles. The van der Waals surface area contributed by atoms with Crippen molar-refractivity contribution in [2.24, 2.45) is 5.92 Å². The van der Waals surface area contributed by atoms with E-state index >= 15 is 0 Å². The highest BCUT2D eigenvalue weighted by Crippen LogP contribution is 2.34. The summed E-state index contributed by atoms with van der Waals surface area (Å²) < 4.78 is 7.49. The average Bonchev–Trinajstić information content (AvgIpc) is 3.34. The normalized spacial score (nSPS) is 16.5. The third-order valence-electron chi connectivity index (χ3n) is 5.60. The molecule has 0 spiro atoms. The zero-order valence-electron chi connectivity index (χ0n) is 17.9. The number of carbonyl (C=O) groups excluding carboxylic acids is 2. The van der Waals surface area contributed by atoms with E-state index in [0.29, 0.717) is 18.8 Å². The van der Waals surface area contributed by atoms with Crippen molar-refractivity contribution in [2.45, 2.75) is 33.7 Å². The first-order valence-corrected chi connectivity index (χ1v) is 10.7. The highest BCUT2D eigenvalue weighted by atomic mass is 32.1. The predicted octanol–water partition coefficient (Wildman–Crippen LogP) is 3.34. The van der Waals surface area contributed by atoms with Crippen LogP contribution in [0, 0.1) is 26.7 Å². The Bertz CT molecular complexity index is 1130. The maximum atomic E-state index is 13.2. The van der Waals surface area contributed by atoms with Gasteiger partial charge in [-0.25, -0.2) is 4.98 Å². The molecule has 1 fully saturated rings. The zero-order chi connectivity index (χ0) is 21.6. The van der Waals surface area contributed by atoms with E-state index in [1.165, 1.54) is 4.88 Å². The molecule has 8 heteroatoms. The van der Waals surface area contributed by atoms with Gasteiger partial charge in [0.2, 0.25) is 11.8 Å². The molecule has 158 valence electrons. The lowest BCUT2D eigenvalue weighted by Crippen LogP contribution is -2.34. The monoisotopic (exact) mass is 426 g/mol. The predicted molar refractivity (Wildman–Crippen MR) is 117 cm³/mol. The van der Waals surface area contributed by atoms with Crippen LogP contribution in [0.15, 0.2) is 24.4 Å². The van der Waals surface area contributed by atoms with Crippen molar-refractivity contribution in [3.05, 3.63) is 46.2 Å². The Morgan fingerprint density at radius 2 is 2.10 bits per heavy atom. The number of aryl methyl sites for hydroxylation is 3. The highest BCUT2D eigenvalue weighted by Gasteiger charge is 2.37. The van der Waals surface area contributed by atoms with E-state index in [2.05, 4.69) is 15.6 Å². The first-order valence-electron chi connectivity index (χ1n) is 9.92. The van der Waals surface area contributed by atoms with Crippen molar-refractivity contribution in [3.63, 3.8) is 0 Å². The molecule has 1 atom stereocenters. The number of nitrogens with zero attached hydrogens (tertiary/aromatic N) is 4. The van der Waals surface area contributed by atoms with Crippen LogP contribution in [0.25, 0.3) is 4.96 Å². The quantitative estimate of drug-likeness (QED) is 0.628. The maximum Gasteiger partial charge on any atom is 0.228 e. The van der Waals surface area contributed by atoms with Gasteiger partial charge in [-0.2, -0.15) is 0 Å². The number of hydrogen-bond acceptors (Lipinski definition) is 5. The van der Waals surface area contributed by atoms with E-state index < -0.39 is 0 Å². The van der Waals surface area contributed by atoms with Crippen LogP contribution < -0.4 is 9.64 Å². The molecule has 0 aliphatic carbocycles. The van der Waals surface area contributed by atoms with Crippen LogP contribution >= 0.6 is 11.3 Å². The standard InChI is InChI=1S/C22H26N4O3S/c1-13-6-7-19(29-5)17(8-13)25-11-16(9-20(25)27)21(28)24(4)12-18-15(3)23-22-26(18)10-14(2)30-22/h6-8,10,16H,9,11-12H2,1-5H3. The summed E-state index contributed by atoms with van der Waals surface area (Å²) in [5, 5.41) is 0. The second-order valence-corrected chi connectivity index (χ2v) is 9.13. The summed E-state index contributed by atoms with van der Waals surface area (Å²) in [6, 6.07) is 5.73. The van der Waals surface area contributed by atoms with Gasteiger partial charge in [-0.3, -0.25) is 14.0 Å². The van der Waals surface area contributed by atoms with Gasteiger partial charge in [0.1, 0.15) is 5.75 Å². The smallest absolute Gasteiger partial charge is 0.228 e. The minimum Gasteiger partial charge on any atom is -0.495 e. The SMILES string of the molecule is COc1ccc(C)cc1N1CC(C(=O)N(C)Cc2c(C)nc3sc(C)cn23)CC1=O. The number of aromatic nitrogens is 2. The van der Waals surface area contributed by atoms with Gasteiger partial charge in [0.05, 0.1) is 36.6 Å². The number of methoxy groups -OCH3 is 1. The molecule has 1 aliphatic rings. The second kappa shape index (κ2) is 7.75. The molecule has 0 bridgehead atoms. The molecule has 30 heavy (non-hydrogen) atoms. The molecule has 4 rings (SSSR count). The number of rotatable bonds is 5. The largest absolute Gasteiger partial charge is 0.495 e. The Labute approximate surface area is 179 Å². The lowest BCUT2D eigenvalue weighted by Gasteiger charge is -2.22. The number of hydrogen-bond donors (Lipinski definition) is 0. The Kier molecular flexibility index (Phi) is 5.27. The van der Waals surface area contributed by atoms with Gasteiger partial charge in [0.25, 0.3) is 0 Å². The number of fused-ring (bicyclic) bond motifs is 1.